The number of likely N-dealkylation sites (N-methyl/N-ethyl adjacent to an activating group) is 1. The number of hydrogen-bond donors (Lipinski definition) is 1. The van der Waals surface area contributed by atoms with Gasteiger partial charge in [-0.05, 0) is 36.1 Å². The number of benzene rings is 1. The van der Waals surface area contributed by atoms with Crippen molar-refractivity contribution in [1.29, 1.82) is 0 Å². The molecular formula is C17H19FN2O2S. The van der Waals surface area contributed by atoms with Crippen LogP contribution < -0.4 is 10.2 Å². The van der Waals surface area contributed by atoms with Crippen molar-refractivity contribution in [2.45, 2.75) is 13.3 Å². The molecule has 0 unspecified atom stereocenters. The number of thiophene rings is 1. The van der Waals surface area contributed by atoms with Gasteiger partial charge in [-0.2, -0.15) is 0 Å². The molecule has 122 valence electrons. The van der Waals surface area contributed by atoms with E-state index in [9.17, 15) is 14.0 Å². The molecule has 1 aromatic carbocycles. The molecule has 2 amide bonds. The SMILES string of the molecule is CNC(=O)CN(C(=O)[C@H](C)Cc1cccs1)c1cccc(F)c1. The second kappa shape index (κ2) is 7.87. The monoisotopic (exact) mass is 334 g/mol. The first-order valence-corrected chi connectivity index (χ1v) is 8.19. The molecule has 0 fully saturated rings. The molecule has 0 saturated heterocycles. The Balaban J connectivity index is 2.21. The first-order valence-electron chi connectivity index (χ1n) is 7.31. The lowest BCUT2D eigenvalue weighted by Crippen LogP contribution is -2.42. The molecule has 0 saturated carbocycles. The smallest absolute Gasteiger partial charge is 0.239 e. The van der Waals surface area contributed by atoms with Gasteiger partial charge in [0.05, 0.1) is 0 Å². The molecule has 0 bridgehead atoms. The maximum atomic E-state index is 13.5. The van der Waals surface area contributed by atoms with Gasteiger partial charge >= 0.3 is 0 Å². The summed E-state index contributed by atoms with van der Waals surface area (Å²) >= 11 is 1.59. The minimum atomic E-state index is -0.442. The van der Waals surface area contributed by atoms with Crippen LogP contribution in [-0.2, 0) is 16.0 Å². The van der Waals surface area contributed by atoms with E-state index in [1.54, 1.807) is 17.4 Å². The third-order valence-corrected chi connectivity index (χ3v) is 4.37. The van der Waals surface area contributed by atoms with E-state index in [1.807, 2.05) is 24.4 Å². The normalized spacial score (nSPS) is 11.8. The molecule has 1 heterocycles. The standard InChI is InChI=1S/C17H19FN2O2S/c1-12(9-15-7-4-8-23-15)17(22)20(11-16(21)19-2)14-6-3-5-13(18)10-14/h3-8,10,12H,9,11H2,1-2H3,(H,19,21)/t12-/m1/s1. The zero-order chi connectivity index (χ0) is 16.8. The Labute approximate surface area is 138 Å². The van der Waals surface area contributed by atoms with E-state index in [2.05, 4.69) is 5.32 Å². The Kier molecular flexibility index (Phi) is 5.87. The molecule has 4 nitrogen and oxygen atoms in total. The van der Waals surface area contributed by atoms with E-state index < -0.39 is 5.82 Å². The lowest BCUT2D eigenvalue weighted by Gasteiger charge is -2.25. The van der Waals surface area contributed by atoms with Crippen LogP contribution >= 0.6 is 11.3 Å². The fourth-order valence-electron chi connectivity index (χ4n) is 2.25. The summed E-state index contributed by atoms with van der Waals surface area (Å²) in [5.41, 5.74) is 0.386. The Morgan fingerprint density at radius 1 is 1.30 bits per heavy atom. The van der Waals surface area contributed by atoms with E-state index in [1.165, 1.54) is 30.1 Å². The van der Waals surface area contributed by atoms with Crippen LogP contribution in [0.3, 0.4) is 0 Å². The largest absolute Gasteiger partial charge is 0.358 e. The Hall–Kier alpha value is -2.21. The molecule has 1 atom stereocenters. The summed E-state index contributed by atoms with van der Waals surface area (Å²) < 4.78 is 13.5. The Morgan fingerprint density at radius 2 is 2.09 bits per heavy atom. The summed E-state index contributed by atoms with van der Waals surface area (Å²) in [6.45, 7) is 1.69. The molecule has 0 aliphatic carbocycles. The maximum Gasteiger partial charge on any atom is 0.239 e. The fraction of sp³-hybridized carbons (Fsp3) is 0.294. The summed E-state index contributed by atoms with van der Waals surface area (Å²) in [4.78, 5) is 26.9. The van der Waals surface area contributed by atoms with E-state index >= 15 is 0 Å². The summed E-state index contributed by atoms with van der Waals surface area (Å²) in [6.07, 6.45) is 0.593. The van der Waals surface area contributed by atoms with Crippen molar-refractivity contribution in [3.63, 3.8) is 0 Å². The molecule has 6 heteroatoms. The number of rotatable bonds is 6. The average Bonchev–Trinajstić information content (AvgIpc) is 3.04. The summed E-state index contributed by atoms with van der Waals surface area (Å²) in [6, 6.07) is 9.63. The van der Waals surface area contributed by atoms with Crippen molar-refractivity contribution in [3.8, 4) is 0 Å². The van der Waals surface area contributed by atoms with Crippen molar-refractivity contribution >= 4 is 28.8 Å². The van der Waals surface area contributed by atoms with Crippen molar-refractivity contribution in [1.82, 2.24) is 5.32 Å². The third kappa shape index (κ3) is 4.63. The molecule has 2 rings (SSSR count). The van der Waals surface area contributed by atoms with Crippen LogP contribution in [0.1, 0.15) is 11.8 Å². The highest BCUT2D eigenvalue weighted by atomic mass is 32.1. The van der Waals surface area contributed by atoms with Crippen LogP contribution in [0, 0.1) is 11.7 Å². The fourth-order valence-corrected chi connectivity index (χ4v) is 3.08. The molecular weight excluding hydrogens is 315 g/mol. The van der Waals surface area contributed by atoms with Gasteiger partial charge in [0, 0.05) is 23.5 Å². The lowest BCUT2D eigenvalue weighted by atomic mass is 10.0. The molecule has 2 aromatic rings. The second-order valence-electron chi connectivity index (χ2n) is 5.26. The Morgan fingerprint density at radius 3 is 2.70 bits per heavy atom. The van der Waals surface area contributed by atoms with Gasteiger partial charge in [-0.1, -0.05) is 19.1 Å². The van der Waals surface area contributed by atoms with Crippen LogP contribution in [0.15, 0.2) is 41.8 Å². The van der Waals surface area contributed by atoms with Crippen LogP contribution in [0.2, 0.25) is 0 Å². The van der Waals surface area contributed by atoms with Gasteiger partial charge in [0.1, 0.15) is 12.4 Å². The van der Waals surface area contributed by atoms with Gasteiger partial charge < -0.3 is 10.2 Å². The molecule has 0 radical (unpaired) electrons. The van der Waals surface area contributed by atoms with Crippen molar-refractivity contribution < 1.29 is 14.0 Å². The lowest BCUT2D eigenvalue weighted by molar-refractivity contribution is -0.125. The minimum Gasteiger partial charge on any atom is -0.358 e. The maximum absolute atomic E-state index is 13.5. The topological polar surface area (TPSA) is 49.4 Å². The summed E-state index contributed by atoms with van der Waals surface area (Å²) in [5.74, 6) is -1.25. The molecule has 0 aliphatic rings. The second-order valence-corrected chi connectivity index (χ2v) is 6.29. The van der Waals surface area contributed by atoms with E-state index in [-0.39, 0.29) is 24.3 Å². The number of amides is 2. The molecule has 0 aliphatic heterocycles. The summed E-state index contributed by atoms with van der Waals surface area (Å²) in [5, 5.41) is 4.45. The molecule has 0 spiro atoms. The van der Waals surface area contributed by atoms with Crippen LogP contribution in [0.25, 0.3) is 0 Å². The van der Waals surface area contributed by atoms with Gasteiger partial charge in [0.15, 0.2) is 0 Å². The minimum absolute atomic E-state index is 0.131. The van der Waals surface area contributed by atoms with E-state index in [0.29, 0.717) is 12.1 Å². The molecule has 1 aromatic heterocycles. The number of carbonyl (C=O) groups excluding carboxylic acids is 2. The van der Waals surface area contributed by atoms with Crippen LogP contribution in [0.4, 0.5) is 10.1 Å². The van der Waals surface area contributed by atoms with Crippen LogP contribution in [-0.4, -0.2) is 25.4 Å². The van der Waals surface area contributed by atoms with E-state index in [4.69, 9.17) is 0 Å². The predicted octanol–water partition coefficient (Wildman–Crippen LogP) is 2.85. The zero-order valence-electron chi connectivity index (χ0n) is 13.1. The Bertz CT molecular complexity index is 673. The predicted molar refractivity (Wildman–Crippen MR) is 90.0 cm³/mol. The average molecular weight is 334 g/mol. The number of hydrogen-bond acceptors (Lipinski definition) is 3. The summed E-state index contributed by atoms with van der Waals surface area (Å²) in [7, 11) is 1.51. The van der Waals surface area contributed by atoms with Gasteiger partial charge in [-0.15, -0.1) is 11.3 Å². The van der Waals surface area contributed by atoms with Gasteiger partial charge in [0.2, 0.25) is 11.8 Å². The van der Waals surface area contributed by atoms with Crippen molar-refractivity contribution in [2.75, 3.05) is 18.5 Å². The first kappa shape index (κ1) is 17.1. The highest BCUT2D eigenvalue weighted by Gasteiger charge is 2.24. The van der Waals surface area contributed by atoms with Gasteiger partial charge in [0.25, 0.3) is 0 Å². The number of nitrogens with one attached hydrogen (secondary N) is 1. The number of carbonyl (C=O) groups is 2. The van der Waals surface area contributed by atoms with Crippen molar-refractivity contribution in [3.05, 3.63) is 52.5 Å². The number of halogens is 1. The van der Waals surface area contributed by atoms with Crippen molar-refractivity contribution in [2.24, 2.45) is 5.92 Å². The number of nitrogens with zero attached hydrogens (tertiary/aromatic N) is 1. The zero-order valence-corrected chi connectivity index (χ0v) is 13.9. The van der Waals surface area contributed by atoms with Gasteiger partial charge in [-0.25, -0.2) is 4.39 Å². The first-order chi connectivity index (χ1) is 11.0. The molecule has 1 N–H and O–H groups in total. The van der Waals surface area contributed by atoms with Gasteiger partial charge in [-0.3, -0.25) is 9.59 Å². The van der Waals surface area contributed by atoms with E-state index in [0.717, 1.165) is 4.88 Å². The highest BCUT2D eigenvalue weighted by molar-refractivity contribution is 7.09. The molecule has 23 heavy (non-hydrogen) atoms. The quantitative estimate of drug-likeness (QED) is 0.883. The van der Waals surface area contributed by atoms with Crippen LogP contribution in [0.5, 0.6) is 0 Å². The third-order valence-electron chi connectivity index (χ3n) is 3.48. The highest BCUT2D eigenvalue weighted by Crippen LogP contribution is 2.21. The number of anilines is 1.